The van der Waals surface area contributed by atoms with Gasteiger partial charge in [-0.25, -0.2) is 4.98 Å². The fourth-order valence-corrected chi connectivity index (χ4v) is 4.28. The van der Waals surface area contributed by atoms with Gasteiger partial charge < -0.3 is 31.4 Å². The molecular formula is C25H26N6O2. The lowest BCUT2D eigenvalue weighted by Crippen LogP contribution is -2.57. The number of hydrogen-bond acceptors (Lipinski definition) is 7. The van der Waals surface area contributed by atoms with Crippen LogP contribution in [-0.4, -0.2) is 47.7 Å². The molecule has 33 heavy (non-hydrogen) atoms. The number of fused-ring (bicyclic) bond motifs is 1. The summed E-state index contributed by atoms with van der Waals surface area (Å²) in [5.74, 6) is 1.64. The Bertz CT molecular complexity index is 1270. The minimum atomic E-state index is 0.0940. The number of hydrogen-bond donors (Lipinski definition) is 4. The van der Waals surface area contributed by atoms with Gasteiger partial charge in [0.25, 0.3) is 5.91 Å². The Labute approximate surface area is 192 Å². The van der Waals surface area contributed by atoms with E-state index in [0.29, 0.717) is 35.3 Å². The molecule has 0 spiro atoms. The molecule has 2 aromatic carbocycles. The Balaban J connectivity index is 1.42. The van der Waals surface area contributed by atoms with Gasteiger partial charge in [-0.1, -0.05) is 6.07 Å². The number of carbonyl (C=O) groups excluding carboxylic acids is 1. The van der Waals surface area contributed by atoms with Gasteiger partial charge in [0.1, 0.15) is 17.3 Å². The molecule has 2 aliphatic rings. The van der Waals surface area contributed by atoms with E-state index in [4.69, 9.17) is 15.9 Å². The molecule has 8 heteroatoms. The van der Waals surface area contributed by atoms with Crippen LogP contribution in [0.4, 0.5) is 11.5 Å². The van der Waals surface area contributed by atoms with Gasteiger partial charge in [0.15, 0.2) is 0 Å². The summed E-state index contributed by atoms with van der Waals surface area (Å²) in [7, 11) is 1.81. The number of rotatable bonds is 6. The normalized spacial score (nSPS) is 15.2. The first-order valence-corrected chi connectivity index (χ1v) is 10.9. The zero-order chi connectivity index (χ0) is 23.1. The van der Waals surface area contributed by atoms with Crippen molar-refractivity contribution in [2.75, 3.05) is 31.2 Å². The highest BCUT2D eigenvalue weighted by Gasteiger charge is 2.35. The van der Waals surface area contributed by atoms with E-state index in [1.54, 1.807) is 13.0 Å². The lowest BCUT2D eigenvalue weighted by molar-refractivity contribution is 0.0642. The maximum Gasteiger partial charge on any atom is 0.254 e. The fourth-order valence-electron chi connectivity index (χ4n) is 4.28. The molecule has 1 saturated heterocycles. The maximum absolute atomic E-state index is 12.7. The molecule has 168 valence electrons. The Hall–Kier alpha value is -3.91. The van der Waals surface area contributed by atoms with Crippen molar-refractivity contribution < 1.29 is 9.53 Å². The minimum Gasteiger partial charge on any atom is -0.457 e. The molecule has 0 saturated carbocycles. The van der Waals surface area contributed by atoms with Crippen molar-refractivity contribution >= 4 is 23.1 Å². The summed E-state index contributed by atoms with van der Waals surface area (Å²) in [6.45, 7) is 4.06. The number of nitrogens with one attached hydrogen (secondary N) is 3. The van der Waals surface area contributed by atoms with Crippen LogP contribution in [0.5, 0.6) is 11.5 Å². The van der Waals surface area contributed by atoms with Crippen LogP contribution >= 0.6 is 0 Å². The average Bonchev–Trinajstić information content (AvgIpc) is 3.07. The van der Waals surface area contributed by atoms with Crippen molar-refractivity contribution in [1.29, 1.82) is 5.41 Å². The maximum atomic E-state index is 12.7. The van der Waals surface area contributed by atoms with E-state index >= 15 is 0 Å². The van der Waals surface area contributed by atoms with E-state index in [1.165, 1.54) is 0 Å². The Morgan fingerprint density at radius 1 is 1.18 bits per heavy atom. The van der Waals surface area contributed by atoms with E-state index in [1.807, 2.05) is 54.4 Å². The van der Waals surface area contributed by atoms with Crippen LogP contribution in [0.2, 0.25) is 0 Å². The molecule has 0 radical (unpaired) electrons. The Kier molecular flexibility index (Phi) is 5.22. The van der Waals surface area contributed by atoms with Crippen LogP contribution in [0.1, 0.15) is 28.4 Å². The number of ether oxygens (including phenoxy) is 1. The van der Waals surface area contributed by atoms with E-state index in [0.717, 1.165) is 41.0 Å². The van der Waals surface area contributed by atoms with Crippen molar-refractivity contribution in [3.05, 3.63) is 65.2 Å². The molecule has 3 aromatic rings. The average molecular weight is 443 g/mol. The zero-order valence-corrected chi connectivity index (χ0v) is 18.6. The smallest absolute Gasteiger partial charge is 0.254 e. The van der Waals surface area contributed by atoms with Crippen LogP contribution in [-0.2, 0) is 6.54 Å². The fraction of sp³-hybridized carbons (Fsp3) is 0.240. The number of aromatic nitrogens is 1. The van der Waals surface area contributed by atoms with E-state index < -0.39 is 0 Å². The molecule has 5 N–H and O–H groups in total. The second-order valence-electron chi connectivity index (χ2n) is 8.41. The van der Waals surface area contributed by atoms with Gasteiger partial charge in [0.05, 0.1) is 11.7 Å². The molecule has 3 heterocycles. The highest BCUT2D eigenvalue weighted by molar-refractivity contribution is 6.01. The molecule has 0 aliphatic carbocycles. The lowest BCUT2D eigenvalue weighted by Gasteiger charge is -2.35. The van der Waals surface area contributed by atoms with Gasteiger partial charge in [-0.15, -0.1) is 0 Å². The van der Waals surface area contributed by atoms with Gasteiger partial charge in [-0.05, 0) is 36.8 Å². The number of carbonyl (C=O) groups is 1. The molecule has 1 fully saturated rings. The quantitative estimate of drug-likeness (QED) is 0.434. The van der Waals surface area contributed by atoms with Gasteiger partial charge >= 0.3 is 0 Å². The summed E-state index contributed by atoms with van der Waals surface area (Å²) < 4.78 is 6.08. The highest BCUT2D eigenvalue weighted by Crippen LogP contribution is 2.33. The molecular weight excluding hydrogens is 416 g/mol. The molecule has 0 bridgehead atoms. The molecule has 1 amide bonds. The predicted molar refractivity (Wildman–Crippen MR) is 129 cm³/mol. The van der Waals surface area contributed by atoms with Crippen molar-refractivity contribution in [2.45, 2.75) is 19.5 Å². The summed E-state index contributed by atoms with van der Waals surface area (Å²) >= 11 is 0. The predicted octanol–water partition coefficient (Wildman–Crippen LogP) is 3.48. The summed E-state index contributed by atoms with van der Waals surface area (Å²) in [5.41, 5.74) is 11.5. The van der Waals surface area contributed by atoms with Crippen LogP contribution < -0.4 is 21.1 Å². The monoisotopic (exact) mass is 442 g/mol. The lowest BCUT2D eigenvalue weighted by atomic mass is 10.0. The molecule has 8 nitrogen and oxygen atoms in total. The molecule has 0 unspecified atom stereocenters. The second-order valence-corrected chi connectivity index (χ2v) is 8.41. The number of nitrogen functional groups attached to an aromatic ring is 1. The number of nitrogens with zero attached hydrogens (tertiary/aromatic N) is 2. The molecule has 5 rings (SSSR count). The van der Waals surface area contributed by atoms with Gasteiger partial charge in [0, 0.05) is 73.0 Å². The highest BCUT2D eigenvalue weighted by atomic mass is 16.5. The summed E-state index contributed by atoms with van der Waals surface area (Å²) in [6.07, 6.45) is 0. The third kappa shape index (κ3) is 3.89. The van der Waals surface area contributed by atoms with Gasteiger partial charge in [-0.2, -0.15) is 0 Å². The first-order valence-electron chi connectivity index (χ1n) is 10.9. The number of amides is 1. The number of benzene rings is 2. The summed E-state index contributed by atoms with van der Waals surface area (Å²) in [6, 6.07) is 15.1. The first-order chi connectivity index (χ1) is 15.9. The third-order valence-electron chi connectivity index (χ3n) is 6.15. The Morgan fingerprint density at radius 2 is 2.00 bits per heavy atom. The van der Waals surface area contributed by atoms with Crippen molar-refractivity contribution in [2.24, 2.45) is 0 Å². The number of anilines is 2. The second kappa shape index (κ2) is 8.22. The van der Waals surface area contributed by atoms with Gasteiger partial charge in [0.2, 0.25) is 0 Å². The SMILES string of the molecule is CNc1cc(Oc2cc(N)nc(-c3ccc4c(c3)CN(C3CNC3)C4=O)c2)ccc1C(C)=N. The van der Waals surface area contributed by atoms with Crippen LogP contribution in [0.15, 0.2) is 48.5 Å². The standard InChI is InChI=1S/C25H26N6O2/c1-14(26)20-6-4-18(8-23(20)28-2)33-19-9-22(30-24(27)10-19)15-3-5-21-16(7-15)13-31(25(21)32)17-11-29-12-17/h3-10,17,26,28-29H,11-13H2,1-2H3,(H2,27,30). The van der Waals surface area contributed by atoms with Crippen molar-refractivity contribution in [3.8, 4) is 22.8 Å². The molecule has 0 atom stereocenters. The first kappa shape index (κ1) is 21.0. The number of pyridine rings is 1. The third-order valence-corrected chi connectivity index (χ3v) is 6.15. The minimum absolute atomic E-state index is 0.0940. The number of nitrogens with two attached hydrogens (primary N) is 1. The van der Waals surface area contributed by atoms with E-state index in [-0.39, 0.29) is 11.9 Å². The van der Waals surface area contributed by atoms with Crippen LogP contribution in [0.3, 0.4) is 0 Å². The van der Waals surface area contributed by atoms with E-state index in [2.05, 4.69) is 15.6 Å². The van der Waals surface area contributed by atoms with Crippen LogP contribution in [0.25, 0.3) is 11.3 Å². The molecule has 2 aliphatic heterocycles. The summed E-state index contributed by atoms with van der Waals surface area (Å²) in [4.78, 5) is 19.2. The van der Waals surface area contributed by atoms with Crippen molar-refractivity contribution in [3.63, 3.8) is 0 Å². The van der Waals surface area contributed by atoms with Gasteiger partial charge in [-0.3, -0.25) is 4.79 Å². The largest absolute Gasteiger partial charge is 0.457 e. The van der Waals surface area contributed by atoms with Crippen LogP contribution in [0, 0.1) is 5.41 Å². The zero-order valence-electron chi connectivity index (χ0n) is 18.6. The summed E-state index contributed by atoms with van der Waals surface area (Å²) in [5, 5.41) is 14.2. The van der Waals surface area contributed by atoms with E-state index in [9.17, 15) is 4.79 Å². The Morgan fingerprint density at radius 3 is 2.70 bits per heavy atom. The van der Waals surface area contributed by atoms with Crippen molar-refractivity contribution in [1.82, 2.24) is 15.2 Å². The molecule has 1 aromatic heterocycles. The topological polar surface area (TPSA) is 116 Å².